The van der Waals surface area contributed by atoms with Crippen molar-refractivity contribution in [1.82, 2.24) is 15.1 Å². The second-order valence-corrected chi connectivity index (χ2v) is 16.8. The van der Waals surface area contributed by atoms with Crippen molar-refractivity contribution in [2.45, 2.75) is 167 Å². The number of carbonyl (C=O) groups is 2. The van der Waals surface area contributed by atoms with Crippen molar-refractivity contribution >= 4 is 11.8 Å². The van der Waals surface area contributed by atoms with Gasteiger partial charge in [-0.25, -0.2) is 0 Å². The van der Waals surface area contributed by atoms with Gasteiger partial charge in [0.15, 0.2) is 12.6 Å². The first-order chi connectivity index (χ1) is 23.1. The predicted molar refractivity (Wildman–Crippen MR) is 189 cm³/mol. The van der Waals surface area contributed by atoms with Crippen LogP contribution in [0.25, 0.3) is 0 Å². The van der Waals surface area contributed by atoms with Gasteiger partial charge in [0.2, 0.25) is 11.8 Å². The molecule has 3 aliphatic rings. The van der Waals surface area contributed by atoms with Gasteiger partial charge in [-0.05, 0) is 72.9 Å². The van der Waals surface area contributed by atoms with E-state index in [1.54, 1.807) is 39.6 Å². The maximum absolute atomic E-state index is 14.2. The van der Waals surface area contributed by atoms with Gasteiger partial charge in [0.05, 0.1) is 41.5 Å². The highest BCUT2D eigenvalue weighted by Crippen LogP contribution is 2.39. The van der Waals surface area contributed by atoms with Crippen LogP contribution in [0.1, 0.15) is 94.4 Å². The molecular formula is C37H69N3O10. The highest BCUT2D eigenvalue weighted by Gasteiger charge is 2.51. The first-order valence-corrected chi connectivity index (χ1v) is 18.6. The molecule has 3 saturated heterocycles. The fraction of sp³-hybridized carbons (Fsp3) is 0.946. The van der Waals surface area contributed by atoms with E-state index >= 15 is 0 Å². The second kappa shape index (κ2) is 17.6. The molecule has 0 unspecified atom stereocenters. The largest absolute Gasteiger partial charge is 0.387 e. The van der Waals surface area contributed by atoms with E-state index in [-0.39, 0.29) is 55.1 Å². The van der Waals surface area contributed by atoms with E-state index in [0.29, 0.717) is 19.4 Å². The summed E-state index contributed by atoms with van der Waals surface area (Å²) < 4.78 is 31.6. The first kappa shape index (κ1) is 43.0. The second-order valence-electron chi connectivity index (χ2n) is 16.8. The quantitative estimate of drug-likeness (QED) is 0.293. The van der Waals surface area contributed by atoms with Crippen molar-refractivity contribution in [3.05, 3.63) is 0 Å². The monoisotopic (exact) mass is 715 g/mol. The van der Waals surface area contributed by atoms with Gasteiger partial charge in [0, 0.05) is 51.5 Å². The predicted octanol–water partition coefficient (Wildman–Crippen LogP) is 2.53. The fourth-order valence-corrected chi connectivity index (χ4v) is 8.34. The number of rotatable bonds is 8. The van der Waals surface area contributed by atoms with Crippen molar-refractivity contribution in [2.24, 2.45) is 23.7 Å². The molecule has 0 spiro atoms. The molecular weight excluding hydrogens is 646 g/mol. The number of methoxy groups -OCH3 is 1. The Morgan fingerprint density at radius 2 is 1.68 bits per heavy atom. The van der Waals surface area contributed by atoms with Crippen LogP contribution >= 0.6 is 0 Å². The average molecular weight is 716 g/mol. The minimum atomic E-state index is -1.51. The number of aliphatic hydroxyl groups is 3. The van der Waals surface area contributed by atoms with E-state index in [2.05, 4.69) is 19.2 Å². The molecule has 292 valence electrons. The van der Waals surface area contributed by atoms with Gasteiger partial charge < -0.3 is 54.1 Å². The van der Waals surface area contributed by atoms with Crippen molar-refractivity contribution in [2.75, 3.05) is 34.8 Å². The SMILES string of the molecule is CO[C@]1(C)C[C@H](O[C@H]2[C@H](C)[C@@H](O[C@@H]3O[C@H](C)C[C@H](N(C)C)[C@H]3O)[C@](C)(O)C[C@@H](C)CN(C)C(=O)C[C@H](CC(C)C)NC(=O)[C@@H]2C)O[C@@H](C)[C@@H]1O. The van der Waals surface area contributed by atoms with E-state index in [0.717, 1.165) is 0 Å². The Bertz CT molecular complexity index is 1110. The third-order valence-electron chi connectivity index (χ3n) is 11.2. The molecule has 0 aromatic rings. The summed E-state index contributed by atoms with van der Waals surface area (Å²) in [5, 5.41) is 37.9. The van der Waals surface area contributed by atoms with Crippen LogP contribution in [0.5, 0.6) is 0 Å². The van der Waals surface area contributed by atoms with Crippen LogP contribution in [0.2, 0.25) is 0 Å². The Kier molecular flexibility index (Phi) is 15.1. The van der Waals surface area contributed by atoms with Gasteiger partial charge in [0.1, 0.15) is 12.2 Å². The highest BCUT2D eigenvalue weighted by molar-refractivity contribution is 5.81. The van der Waals surface area contributed by atoms with Gasteiger partial charge in [-0.2, -0.15) is 0 Å². The van der Waals surface area contributed by atoms with Gasteiger partial charge in [-0.3, -0.25) is 9.59 Å². The van der Waals surface area contributed by atoms with Crippen molar-refractivity contribution in [3.8, 4) is 0 Å². The molecule has 50 heavy (non-hydrogen) atoms. The lowest BCUT2D eigenvalue weighted by atomic mass is 9.77. The molecule has 4 N–H and O–H groups in total. The Labute approximate surface area is 300 Å². The number of nitrogens with one attached hydrogen (secondary N) is 1. The molecule has 0 aliphatic carbocycles. The lowest BCUT2D eigenvalue weighted by molar-refractivity contribution is -0.317. The van der Waals surface area contributed by atoms with Crippen molar-refractivity contribution in [3.63, 3.8) is 0 Å². The fourth-order valence-electron chi connectivity index (χ4n) is 8.34. The van der Waals surface area contributed by atoms with Crippen LogP contribution in [0.15, 0.2) is 0 Å². The van der Waals surface area contributed by atoms with Crippen LogP contribution in [0.4, 0.5) is 0 Å². The summed E-state index contributed by atoms with van der Waals surface area (Å²) in [6, 6.07) is -0.636. The van der Waals surface area contributed by atoms with Gasteiger partial charge in [-0.15, -0.1) is 0 Å². The van der Waals surface area contributed by atoms with Crippen molar-refractivity contribution in [1.29, 1.82) is 0 Å². The van der Waals surface area contributed by atoms with E-state index in [1.165, 1.54) is 7.11 Å². The summed E-state index contributed by atoms with van der Waals surface area (Å²) >= 11 is 0. The molecule has 3 rings (SSSR count). The van der Waals surface area contributed by atoms with Crippen LogP contribution in [-0.4, -0.2) is 144 Å². The summed E-state index contributed by atoms with van der Waals surface area (Å²) in [7, 11) is 7.08. The zero-order valence-corrected chi connectivity index (χ0v) is 32.9. The lowest BCUT2D eigenvalue weighted by Gasteiger charge is -2.49. The summed E-state index contributed by atoms with van der Waals surface area (Å²) in [4.78, 5) is 31.2. The Balaban J connectivity index is 2.12. The number of nitrogens with zero attached hydrogens (tertiary/aromatic N) is 2. The normalized spacial score (nSPS) is 44.7. The molecule has 0 bridgehead atoms. The molecule has 2 amide bonds. The molecule has 0 aromatic carbocycles. The molecule has 0 aromatic heterocycles. The standard InChI is InChI=1S/C37H69N3O10/c1-20(2)14-26-16-28(41)40(12)19-21(3)17-36(8,45)33(50-35-30(42)27(39(10)11)15-22(4)47-35)23(5)31(24(6)34(44)38-26)49-29-18-37(9,46-13)32(43)25(7)48-29/h20-27,29-33,35,42-43,45H,14-19H2,1-13H3,(H,38,44)/t21-,22-,23+,24-,25+,26+,27+,29+,30-,31+,32+,33-,35+,36-,37-/m1/s1. The molecule has 15 atom stereocenters. The maximum atomic E-state index is 14.2. The molecule has 13 nitrogen and oxygen atoms in total. The molecule has 0 saturated carbocycles. The van der Waals surface area contributed by atoms with Crippen LogP contribution in [-0.2, 0) is 33.3 Å². The number of ether oxygens (including phenoxy) is 5. The van der Waals surface area contributed by atoms with Crippen molar-refractivity contribution < 1.29 is 48.6 Å². The number of aliphatic hydroxyl groups excluding tert-OH is 2. The average Bonchev–Trinajstić information content (AvgIpc) is 3.00. The third-order valence-corrected chi connectivity index (χ3v) is 11.2. The number of carbonyl (C=O) groups excluding carboxylic acids is 2. The Hall–Kier alpha value is -1.42. The molecule has 0 radical (unpaired) electrons. The van der Waals surface area contributed by atoms with Crippen LogP contribution in [0, 0.1) is 23.7 Å². The topological polar surface area (TPSA) is 159 Å². The molecule has 3 heterocycles. The smallest absolute Gasteiger partial charge is 0.225 e. The maximum Gasteiger partial charge on any atom is 0.225 e. The van der Waals surface area contributed by atoms with E-state index in [9.17, 15) is 24.9 Å². The lowest BCUT2D eigenvalue weighted by Crippen LogP contribution is -2.61. The van der Waals surface area contributed by atoms with E-state index < -0.39 is 72.2 Å². The third kappa shape index (κ3) is 10.6. The van der Waals surface area contributed by atoms with Gasteiger partial charge >= 0.3 is 0 Å². The molecule has 3 fully saturated rings. The zero-order chi connectivity index (χ0) is 37.9. The number of amides is 2. The number of hydrogen-bond acceptors (Lipinski definition) is 11. The summed E-state index contributed by atoms with van der Waals surface area (Å²) in [5.41, 5.74) is -2.48. The van der Waals surface area contributed by atoms with E-state index in [1.807, 2.05) is 39.8 Å². The Morgan fingerprint density at radius 1 is 1.04 bits per heavy atom. The minimum Gasteiger partial charge on any atom is -0.387 e. The van der Waals surface area contributed by atoms with Crippen LogP contribution in [0.3, 0.4) is 0 Å². The van der Waals surface area contributed by atoms with E-state index in [4.69, 9.17) is 23.7 Å². The summed E-state index contributed by atoms with van der Waals surface area (Å²) in [5.74, 6) is -1.73. The first-order valence-electron chi connectivity index (χ1n) is 18.6. The van der Waals surface area contributed by atoms with Gasteiger partial charge in [-0.1, -0.05) is 34.6 Å². The Morgan fingerprint density at radius 3 is 2.26 bits per heavy atom. The number of likely N-dealkylation sites (N-methyl/N-ethyl adjacent to an activating group) is 1. The van der Waals surface area contributed by atoms with Crippen LogP contribution < -0.4 is 5.32 Å². The number of hydrogen-bond donors (Lipinski definition) is 4. The highest BCUT2D eigenvalue weighted by atomic mass is 16.7. The van der Waals surface area contributed by atoms with Gasteiger partial charge in [0.25, 0.3) is 0 Å². The minimum absolute atomic E-state index is 0.0921. The summed E-state index contributed by atoms with van der Waals surface area (Å²) in [6.45, 7) is 17.3. The summed E-state index contributed by atoms with van der Waals surface area (Å²) in [6.07, 6.45) is -4.75. The zero-order valence-electron chi connectivity index (χ0n) is 32.9. The molecule has 3 aliphatic heterocycles. The molecule has 13 heteroatoms.